The summed E-state index contributed by atoms with van der Waals surface area (Å²) in [6, 6.07) is 13.0. The van der Waals surface area contributed by atoms with Crippen LogP contribution in [0.1, 0.15) is 15.9 Å². The smallest absolute Gasteiger partial charge is 0.251 e. The zero-order valence-corrected chi connectivity index (χ0v) is 15.6. The molecule has 2 aromatic rings. The molecule has 2 aromatic carbocycles. The first kappa shape index (κ1) is 19.9. The molecule has 1 amide bonds. The van der Waals surface area contributed by atoms with Crippen LogP contribution in [-0.2, 0) is 16.6 Å². The van der Waals surface area contributed by atoms with Crippen LogP contribution in [0.2, 0.25) is 0 Å². The van der Waals surface area contributed by atoms with Crippen LogP contribution in [0, 0.1) is 0 Å². The van der Waals surface area contributed by atoms with Gasteiger partial charge in [-0.2, -0.15) is 0 Å². The number of amides is 1. The minimum Gasteiger partial charge on any atom is -0.492 e. The molecule has 0 aromatic heterocycles. The minimum atomic E-state index is -3.84. The Kier molecular flexibility index (Phi) is 6.73. The average Bonchev–Trinajstić information content (AvgIpc) is 2.60. The van der Waals surface area contributed by atoms with Gasteiger partial charge in [0, 0.05) is 18.7 Å². The van der Waals surface area contributed by atoms with Gasteiger partial charge in [-0.3, -0.25) is 4.79 Å². The third-order valence-electron chi connectivity index (χ3n) is 3.61. The number of likely N-dealkylation sites (N-methyl/N-ethyl adjacent to an activating group) is 1. The molecule has 0 aliphatic carbocycles. The van der Waals surface area contributed by atoms with Gasteiger partial charge in [0.1, 0.15) is 12.4 Å². The Hall–Kier alpha value is -2.42. The fourth-order valence-corrected chi connectivity index (χ4v) is 2.71. The van der Waals surface area contributed by atoms with E-state index in [0.717, 1.165) is 17.9 Å². The molecule has 0 bridgehead atoms. The van der Waals surface area contributed by atoms with Crippen molar-refractivity contribution < 1.29 is 17.9 Å². The fraction of sp³-hybridized carbons (Fsp3) is 0.278. The van der Waals surface area contributed by atoms with Crippen molar-refractivity contribution in [2.24, 2.45) is 5.14 Å². The Morgan fingerprint density at radius 1 is 1.15 bits per heavy atom. The zero-order chi connectivity index (χ0) is 19.2. The van der Waals surface area contributed by atoms with E-state index in [4.69, 9.17) is 9.88 Å². The highest BCUT2D eigenvalue weighted by molar-refractivity contribution is 7.89. The number of ether oxygens (including phenoxy) is 1. The molecule has 0 saturated heterocycles. The highest BCUT2D eigenvalue weighted by Crippen LogP contribution is 2.13. The van der Waals surface area contributed by atoms with Gasteiger partial charge >= 0.3 is 0 Å². The fourth-order valence-electron chi connectivity index (χ4n) is 2.15. The standard InChI is InChI=1S/C18H23N3O4S/c1-21(2)10-11-25-16-8-6-14(7-9-16)13-20-18(22)15-4-3-5-17(12-15)26(19,23)24/h3-9,12H,10-11,13H2,1-2H3,(H,20,22)(H2,19,23,24). The molecule has 0 aliphatic heterocycles. The van der Waals surface area contributed by atoms with Gasteiger partial charge in [-0.1, -0.05) is 18.2 Å². The molecule has 0 saturated carbocycles. The molecular weight excluding hydrogens is 354 g/mol. The first-order chi connectivity index (χ1) is 12.3. The van der Waals surface area contributed by atoms with Crippen LogP contribution in [0.15, 0.2) is 53.4 Å². The van der Waals surface area contributed by atoms with Crippen molar-refractivity contribution >= 4 is 15.9 Å². The summed E-state index contributed by atoms with van der Waals surface area (Å²) in [7, 11) is 0.119. The van der Waals surface area contributed by atoms with Gasteiger partial charge in [0.15, 0.2) is 0 Å². The Balaban J connectivity index is 1.91. The lowest BCUT2D eigenvalue weighted by Crippen LogP contribution is -2.23. The Morgan fingerprint density at radius 2 is 1.85 bits per heavy atom. The number of primary sulfonamides is 1. The number of sulfonamides is 1. The van der Waals surface area contributed by atoms with Crippen LogP contribution >= 0.6 is 0 Å². The Morgan fingerprint density at radius 3 is 2.46 bits per heavy atom. The molecule has 2 rings (SSSR count). The van der Waals surface area contributed by atoms with Crippen LogP contribution < -0.4 is 15.2 Å². The summed E-state index contributed by atoms with van der Waals surface area (Å²) in [6.45, 7) is 1.75. The number of hydrogen-bond donors (Lipinski definition) is 2. The van der Waals surface area contributed by atoms with Crippen molar-refractivity contribution in [2.75, 3.05) is 27.2 Å². The molecule has 7 nitrogen and oxygen atoms in total. The molecular formula is C18H23N3O4S. The lowest BCUT2D eigenvalue weighted by atomic mass is 10.2. The molecule has 26 heavy (non-hydrogen) atoms. The summed E-state index contributed by atoms with van der Waals surface area (Å²) in [4.78, 5) is 14.1. The molecule has 140 valence electrons. The summed E-state index contributed by atoms with van der Waals surface area (Å²) < 4.78 is 28.3. The summed E-state index contributed by atoms with van der Waals surface area (Å²) in [6.07, 6.45) is 0. The third-order valence-corrected chi connectivity index (χ3v) is 4.52. The van der Waals surface area contributed by atoms with Gasteiger partial charge in [-0.05, 0) is 50.0 Å². The van der Waals surface area contributed by atoms with E-state index in [0.29, 0.717) is 13.2 Å². The molecule has 0 aliphatic rings. The van der Waals surface area contributed by atoms with Crippen molar-refractivity contribution in [3.05, 3.63) is 59.7 Å². The average molecular weight is 377 g/mol. The number of rotatable bonds is 8. The lowest BCUT2D eigenvalue weighted by Gasteiger charge is -2.11. The van der Waals surface area contributed by atoms with Crippen LogP contribution in [0.25, 0.3) is 0 Å². The first-order valence-electron chi connectivity index (χ1n) is 8.03. The summed E-state index contributed by atoms with van der Waals surface area (Å²) in [5, 5.41) is 7.83. The summed E-state index contributed by atoms with van der Waals surface area (Å²) in [5.41, 5.74) is 1.14. The second-order valence-electron chi connectivity index (χ2n) is 6.05. The predicted octanol–water partition coefficient (Wildman–Crippen LogP) is 1.20. The van der Waals surface area contributed by atoms with E-state index in [-0.39, 0.29) is 16.4 Å². The molecule has 0 fully saturated rings. The van der Waals surface area contributed by atoms with Crippen molar-refractivity contribution in [2.45, 2.75) is 11.4 Å². The predicted molar refractivity (Wildman–Crippen MR) is 99.5 cm³/mol. The summed E-state index contributed by atoms with van der Waals surface area (Å²) in [5.74, 6) is 0.393. The molecule has 0 spiro atoms. The number of nitrogens with one attached hydrogen (secondary N) is 1. The maximum Gasteiger partial charge on any atom is 0.251 e. The Labute approximate surface area is 153 Å². The van der Waals surface area contributed by atoms with Crippen molar-refractivity contribution in [3.63, 3.8) is 0 Å². The van der Waals surface area contributed by atoms with Crippen molar-refractivity contribution in [1.29, 1.82) is 0 Å². The van der Waals surface area contributed by atoms with Gasteiger partial charge < -0.3 is 15.0 Å². The number of hydrogen-bond acceptors (Lipinski definition) is 5. The van der Waals surface area contributed by atoms with E-state index in [1.807, 2.05) is 43.3 Å². The maximum absolute atomic E-state index is 12.2. The third kappa shape index (κ3) is 6.14. The number of carbonyl (C=O) groups excluding carboxylic acids is 1. The Bertz CT molecular complexity index is 849. The van der Waals surface area contributed by atoms with Gasteiger partial charge in [0.05, 0.1) is 4.90 Å². The topological polar surface area (TPSA) is 102 Å². The number of benzene rings is 2. The monoisotopic (exact) mass is 377 g/mol. The molecule has 0 atom stereocenters. The molecule has 8 heteroatoms. The van der Waals surface area contributed by atoms with Crippen molar-refractivity contribution in [3.8, 4) is 5.75 Å². The normalized spacial score (nSPS) is 11.4. The van der Waals surface area contributed by atoms with Gasteiger partial charge in [0.2, 0.25) is 10.0 Å². The van der Waals surface area contributed by atoms with Gasteiger partial charge in [-0.15, -0.1) is 0 Å². The number of carbonyl (C=O) groups is 1. The second kappa shape index (κ2) is 8.79. The molecule has 0 radical (unpaired) electrons. The van der Waals surface area contributed by atoms with Crippen molar-refractivity contribution in [1.82, 2.24) is 10.2 Å². The molecule has 3 N–H and O–H groups in total. The maximum atomic E-state index is 12.2. The first-order valence-corrected chi connectivity index (χ1v) is 9.58. The highest BCUT2D eigenvalue weighted by atomic mass is 32.2. The van der Waals surface area contributed by atoms with E-state index >= 15 is 0 Å². The number of nitrogens with two attached hydrogens (primary N) is 1. The SMILES string of the molecule is CN(C)CCOc1ccc(CNC(=O)c2cccc(S(N)(=O)=O)c2)cc1. The molecule has 0 unspecified atom stereocenters. The van der Waals surface area contributed by atoms with E-state index in [1.165, 1.54) is 24.3 Å². The second-order valence-corrected chi connectivity index (χ2v) is 7.61. The van der Waals surface area contributed by atoms with Crippen LogP contribution in [0.3, 0.4) is 0 Å². The van der Waals surface area contributed by atoms with E-state index in [1.54, 1.807) is 0 Å². The van der Waals surface area contributed by atoms with Gasteiger partial charge in [-0.25, -0.2) is 13.6 Å². The van der Waals surface area contributed by atoms with E-state index in [9.17, 15) is 13.2 Å². The van der Waals surface area contributed by atoms with Gasteiger partial charge in [0.25, 0.3) is 5.91 Å². The minimum absolute atomic E-state index is 0.0932. The van der Waals surface area contributed by atoms with Crippen LogP contribution in [0.4, 0.5) is 0 Å². The highest BCUT2D eigenvalue weighted by Gasteiger charge is 2.11. The summed E-state index contributed by atoms with van der Waals surface area (Å²) >= 11 is 0. The molecule has 0 heterocycles. The quantitative estimate of drug-likeness (QED) is 0.720. The van der Waals surface area contributed by atoms with E-state index < -0.39 is 10.0 Å². The van der Waals surface area contributed by atoms with Crippen LogP contribution in [0.5, 0.6) is 5.75 Å². The largest absolute Gasteiger partial charge is 0.492 e. The lowest BCUT2D eigenvalue weighted by molar-refractivity contribution is 0.0950. The van der Waals surface area contributed by atoms with E-state index in [2.05, 4.69) is 5.32 Å². The van der Waals surface area contributed by atoms with Crippen LogP contribution in [-0.4, -0.2) is 46.5 Å². The zero-order valence-electron chi connectivity index (χ0n) is 14.8. The number of nitrogens with zero attached hydrogens (tertiary/aromatic N) is 1.